The third-order valence-electron chi connectivity index (χ3n) is 3.60. The summed E-state index contributed by atoms with van der Waals surface area (Å²) in [4.78, 5) is 0. The highest BCUT2D eigenvalue weighted by Crippen LogP contribution is 2.41. The predicted octanol–water partition coefficient (Wildman–Crippen LogP) is 3.78. The van der Waals surface area contributed by atoms with E-state index in [0.29, 0.717) is 24.3 Å². The maximum Gasteiger partial charge on any atom is 0.128 e. The molecule has 1 N–H and O–H groups in total. The van der Waals surface area contributed by atoms with Gasteiger partial charge in [0.1, 0.15) is 23.4 Å². The van der Waals surface area contributed by atoms with Crippen LogP contribution in [0.1, 0.15) is 36.7 Å². The van der Waals surface area contributed by atoms with E-state index in [9.17, 15) is 9.50 Å². The molecule has 21 heavy (non-hydrogen) atoms. The monoisotopic (exact) mass is 288 g/mol. The standard InChI is InChI=1S/C17H17FO3/c1-2-20-13-6-3-11(4-7-13)16-10-15(19)14-8-5-12(18)9-17(14)21-16/h3-9,15-16,19H,2,10H2,1H3/t15-,16?/m1/s1. The van der Waals surface area contributed by atoms with Crippen LogP contribution in [0.2, 0.25) is 0 Å². The second-order valence-corrected chi connectivity index (χ2v) is 5.04. The van der Waals surface area contributed by atoms with Gasteiger partial charge >= 0.3 is 0 Å². The summed E-state index contributed by atoms with van der Waals surface area (Å²) in [5, 5.41) is 10.2. The van der Waals surface area contributed by atoms with Gasteiger partial charge in [-0.2, -0.15) is 0 Å². The van der Waals surface area contributed by atoms with Crippen molar-refractivity contribution in [1.29, 1.82) is 0 Å². The van der Waals surface area contributed by atoms with Gasteiger partial charge in [-0.05, 0) is 36.8 Å². The molecule has 0 spiro atoms. The molecule has 1 unspecified atom stereocenters. The number of aliphatic hydroxyl groups excluding tert-OH is 1. The molecular weight excluding hydrogens is 271 g/mol. The summed E-state index contributed by atoms with van der Waals surface area (Å²) >= 11 is 0. The first-order chi connectivity index (χ1) is 10.2. The van der Waals surface area contributed by atoms with Crippen molar-refractivity contribution >= 4 is 0 Å². The largest absolute Gasteiger partial charge is 0.494 e. The highest BCUT2D eigenvalue weighted by molar-refractivity contribution is 5.39. The van der Waals surface area contributed by atoms with E-state index in [1.165, 1.54) is 12.1 Å². The second-order valence-electron chi connectivity index (χ2n) is 5.04. The lowest BCUT2D eigenvalue weighted by molar-refractivity contribution is 0.0653. The Morgan fingerprint density at radius 1 is 1.24 bits per heavy atom. The molecule has 0 bridgehead atoms. The van der Waals surface area contributed by atoms with Gasteiger partial charge in [0.15, 0.2) is 0 Å². The normalized spacial score (nSPS) is 20.5. The van der Waals surface area contributed by atoms with Crippen LogP contribution in [0.15, 0.2) is 42.5 Å². The lowest BCUT2D eigenvalue weighted by Gasteiger charge is -2.30. The van der Waals surface area contributed by atoms with E-state index in [-0.39, 0.29) is 11.9 Å². The van der Waals surface area contributed by atoms with Crippen LogP contribution in [0.4, 0.5) is 4.39 Å². The van der Waals surface area contributed by atoms with Gasteiger partial charge in [0.2, 0.25) is 0 Å². The van der Waals surface area contributed by atoms with Crippen LogP contribution < -0.4 is 9.47 Å². The fraction of sp³-hybridized carbons (Fsp3) is 0.294. The molecule has 0 saturated heterocycles. The molecule has 1 heterocycles. The highest BCUT2D eigenvalue weighted by atomic mass is 19.1. The van der Waals surface area contributed by atoms with Gasteiger partial charge in [-0.3, -0.25) is 0 Å². The highest BCUT2D eigenvalue weighted by Gasteiger charge is 2.28. The maximum absolute atomic E-state index is 13.3. The van der Waals surface area contributed by atoms with Crippen LogP contribution >= 0.6 is 0 Å². The number of rotatable bonds is 3. The summed E-state index contributed by atoms with van der Waals surface area (Å²) in [5.41, 5.74) is 1.58. The van der Waals surface area contributed by atoms with E-state index in [1.807, 2.05) is 31.2 Å². The average molecular weight is 288 g/mol. The minimum atomic E-state index is -0.647. The Morgan fingerprint density at radius 3 is 2.71 bits per heavy atom. The minimum Gasteiger partial charge on any atom is -0.494 e. The average Bonchev–Trinajstić information content (AvgIpc) is 2.48. The van der Waals surface area contributed by atoms with E-state index in [0.717, 1.165) is 11.3 Å². The Labute approximate surface area is 122 Å². The molecule has 1 aliphatic heterocycles. The lowest BCUT2D eigenvalue weighted by atomic mass is 9.95. The molecule has 4 heteroatoms. The molecule has 2 aromatic rings. The zero-order chi connectivity index (χ0) is 14.8. The van der Waals surface area contributed by atoms with Crippen molar-refractivity contribution in [3.05, 3.63) is 59.4 Å². The zero-order valence-corrected chi connectivity index (χ0v) is 11.8. The molecule has 2 aromatic carbocycles. The predicted molar refractivity (Wildman–Crippen MR) is 77.0 cm³/mol. The van der Waals surface area contributed by atoms with Crippen LogP contribution in [0.5, 0.6) is 11.5 Å². The summed E-state index contributed by atoms with van der Waals surface area (Å²) in [6, 6.07) is 11.8. The Hall–Kier alpha value is -2.07. The van der Waals surface area contributed by atoms with Crippen LogP contribution in [0.3, 0.4) is 0 Å². The third-order valence-corrected chi connectivity index (χ3v) is 3.60. The Kier molecular flexibility index (Phi) is 3.80. The molecule has 0 amide bonds. The number of fused-ring (bicyclic) bond motifs is 1. The molecular formula is C17H17FO3. The number of hydrogen-bond donors (Lipinski definition) is 1. The number of hydrogen-bond acceptors (Lipinski definition) is 3. The minimum absolute atomic E-state index is 0.287. The van der Waals surface area contributed by atoms with Crippen LogP contribution in [0.25, 0.3) is 0 Å². The Balaban J connectivity index is 1.84. The first-order valence-corrected chi connectivity index (χ1v) is 7.04. The SMILES string of the molecule is CCOc1ccc(C2C[C@@H](O)c3ccc(F)cc3O2)cc1. The Morgan fingerprint density at radius 2 is 2.00 bits per heavy atom. The van der Waals surface area contributed by atoms with E-state index >= 15 is 0 Å². The van der Waals surface area contributed by atoms with Crippen molar-refractivity contribution in [2.24, 2.45) is 0 Å². The number of halogens is 1. The quantitative estimate of drug-likeness (QED) is 0.934. The van der Waals surface area contributed by atoms with Crippen LogP contribution in [0, 0.1) is 5.82 Å². The number of benzene rings is 2. The number of aliphatic hydroxyl groups is 1. The zero-order valence-electron chi connectivity index (χ0n) is 11.8. The summed E-state index contributed by atoms with van der Waals surface area (Å²) in [5.74, 6) is 0.838. The smallest absolute Gasteiger partial charge is 0.128 e. The Bertz CT molecular complexity index is 624. The van der Waals surface area contributed by atoms with E-state index in [2.05, 4.69) is 0 Å². The molecule has 3 nitrogen and oxygen atoms in total. The van der Waals surface area contributed by atoms with Gasteiger partial charge in [-0.15, -0.1) is 0 Å². The molecule has 3 rings (SSSR count). The first-order valence-electron chi connectivity index (χ1n) is 7.04. The molecule has 2 atom stereocenters. The van der Waals surface area contributed by atoms with Crippen LogP contribution in [-0.4, -0.2) is 11.7 Å². The van der Waals surface area contributed by atoms with Gasteiger partial charge in [0.05, 0.1) is 12.7 Å². The third kappa shape index (κ3) is 2.85. The molecule has 110 valence electrons. The summed E-state index contributed by atoms with van der Waals surface area (Å²) < 4.78 is 24.5. The number of ether oxygens (including phenoxy) is 2. The van der Waals surface area contributed by atoms with Crippen molar-refractivity contribution in [1.82, 2.24) is 0 Å². The lowest BCUT2D eigenvalue weighted by Crippen LogP contribution is -2.19. The van der Waals surface area contributed by atoms with Crippen molar-refractivity contribution in [3.63, 3.8) is 0 Å². The van der Waals surface area contributed by atoms with Crippen LogP contribution in [-0.2, 0) is 0 Å². The summed E-state index contributed by atoms with van der Waals surface area (Å²) in [7, 11) is 0. The van der Waals surface area contributed by atoms with Gasteiger partial charge < -0.3 is 14.6 Å². The van der Waals surface area contributed by atoms with Gasteiger partial charge in [0.25, 0.3) is 0 Å². The van der Waals surface area contributed by atoms with Gasteiger partial charge in [-0.25, -0.2) is 4.39 Å². The van der Waals surface area contributed by atoms with Crippen molar-refractivity contribution in [3.8, 4) is 11.5 Å². The second kappa shape index (κ2) is 5.74. The van der Waals surface area contributed by atoms with E-state index < -0.39 is 6.10 Å². The summed E-state index contributed by atoms with van der Waals surface area (Å²) in [6.45, 7) is 2.55. The van der Waals surface area contributed by atoms with E-state index in [4.69, 9.17) is 9.47 Å². The van der Waals surface area contributed by atoms with Gasteiger partial charge in [0, 0.05) is 18.1 Å². The topological polar surface area (TPSA) is 38.7 Å². The summed E-state index contributed by atoms with van der Waals surface area (Å²) in [6.07, 6.45) is -0.483. The molecule has 0 aliphatic carbocycles. The van der Waals surface area contributed by atoms with Crippen molar-refractivity contribution in [2.75, 3.05) is 6.61 Å². The first kappa shape index (κ1) is 13.9. The van der Waals surface area contributed by atoms with Crippen molar-refractivity contribution in [2.45, 2.75) is 25.6 Å². The van der Waals surface area contributed by atoms with Crippen molar-refractivity contribution < 1.29 is 19.0 Å². The molecule has 0 saturated carbocycles. The molecule has 1 aliphatic rings. The fourth-order valence-electron chi connectivity index (χ4n) is 2.57. The fourth-order valence-corrected chi connectivity index (χ4v) is 2.57. The maximum atomic E-state index is 13.3. The molecule has 0 radical (unpaired) electrons. The van der Waals surface area contributed by atoms with E-state index in [1.54, 1.807) is 6.07 Å². The van der Waals surface area contributed by atoms with Gasteiger partial charge in [-0.1, -0.05) is 12.1 Å². The molecule has 0 aromatic heterocycles. The molecule has 0 fully saturated rings.